The molecule has 1 amide bonds. The molecule has 10 heteroatoms. The quantitative estimate of drug-likeness (QED) is 0.201. The smallest absolute Gasteiger partial charge is 0.335 e. The van der Waals surface area contributed by atoms with Crippen LogP contribution in [-0.2, 0) is 11.4 Å². The zero-order valence-corrected chi connectivity index (χ0v) is 24.8. The highest BCUT2D eigenvalue weighted by Gasteiger charge is 2.32. The lowest BCUT2D eigenvalue weighted by Gasteiger charge is -2.12. The first kappa shape index (κ1) is 27.0. The summed E-state index contributed by atoms with van der Waals surface area (Å²) in [5, 5.41) is 10.4. The van der Waals surface area contributed by atoms with Crippen LogP contribution >= 0.6 is 68.5 Å². The molecule has 0 spiro atoms. The summed E-state index contributed by atoms with van der Waals surface area (Å²) >= 11 is 11.7. The molecule has 0 atom stereocenters. The molecule has 184 valence electrons. The largest absolute Gasteiger partial charge is 0.487 e. The van der Waals surface area contributed by atoms with Crippen LogP contribution in [0.25, 0.3) is 6.08 Å². The Kier molecular flexibility index (Phi) is 8.96. The van der Waals surface area contributed by atoms with E-state index in [4.69, 9.17) is 16.3 Å². The summed E-state index contributed by atoms with van der Waals surface area (Å²) in [5.41, 5.74) is 2.53. The van der Waals surface area contributed by atoms with Gasteiger partial charge in [-0.15, -0.1) is 0 Å². The number of nitrogens with zero attached hydrogens (tertiary/aromatic N) is 2. The summed E-state index contributed by atoms with van der Waals surface area (Å²) < 4.78 is 7.93. The van der Waals surface area contributed by atoms with E-state index in [2.05, 4.69) is 50.2 Å². The Morgan fingerprint density at radius 2 is 1.83 bits per heavy atom. The maximum atomic E-state index is 13.1. The zero-order valence-electron chi connectivity index (χ0n) is 18.9. The lowest BCUT2D eigenvalue weighted by atomic mass is 10.2. The Bertz CT molecular complexity index is 1370. The van der Waals surface area contributed by atoms with Crippen molar-refractivity contribution < 1.29 is 19.4 Å². The van der Waals surface area contributed by atoms with E-state index in [0.29, 0.717) is 33.9 Å². The Hall–Kier alpha value is -2.09. The van der Waals surface area contributed by atoms with Crippen LogP contribution < -0.4 is 4.74 Å². The van der Waals surface area contributed by atoms with Crippen LogP contribution in [0.2, 0.25) is 5.02 Å². The van der Waals surface area contributed by atoms with E-state index in [0.717, 1.165) is 24.0 Å². The number of hydrogen-bond acceptors (Lipinski definition) is 5. The van der Waals surface area contributed by atoms with Gasteiger partial charge in [0.05, 0.1) is 23.3 Å². The number of amides is 1. The first-order valence-electron chi connectivity index (χ1n) is 10.7. The summed E-state index contributed by atoms with van der Waals surface area (Å²) in [5.74, 6) is -0.372. The van der Waals surface area contributed by atoms with Crippen molar-refractivity contribution in [1.82, 2.24) is 4.90 Å². The third-order valence-corrected chi connectivity index (χ3v) is 8.00. The van der Waals surface area contributed by atoms with Gasteiger partial charge in [-0.2, -0.15) is 0 Å². The molecule has 1 heterocycles. The highest BCUT2D eigenvalue weighted by atomic mass is 127. The number of aliphatic imine (C=N–C) groups is 1. The van der Waals surface area contributed by atoms with E-state index in [1.165, 1.54) is 23.9 Å². The topological polar surface area (TPSA) is 79.2 Å². The molecule has 0 aliphatic carbocycles. The summed E-state index contributed by atoms with van der Waals surface area (Å²) in [6, 6.07) is 17.8. The molecule has 1 saturated heterocycles. The number of likely N-dealkylation sites (N-methyl/N-ethyl adjacent to an activating group) is 1. The van der Waals surface area contributed by atoms with Gasteiger partial charge in [-0.3, -0.25) is 9.69 Å². The number of ether oxygens (including phenoxy) is 1. The van der Waals surface area contributed by atoms with Gasteiger partial charge in [0, 0.05) is 11.6 Å². The predicted molar refractivity (Wildman–Crippen MR) is 161 cm³/mol. The second kappa shape index (κ2) is 12.0. The SMILES string of the molecule is CCN1C(=O)/C(=C/c2cc(I)c(OCc3ccc(Cl)cc3)c(I)c2)SC1=Nc1cccc(C(=O)O)c1. The molecule has 0 unspecified atom stereocenters. The minimum atomic E-state index is -1.02. The maximum Gasteiger partial charge on any atom is 0.335 e. The lowest BCUT2D eigenvalue weighted by molar-refractivity contribution is -0.122. The summed E-state index contributed by atoms with van der Waals surface area (Å²) in [4.78, 5) is 31.0. The fourth-order valence-corrected chi connectivity index (χ4v) is 6.69. The molecule has 1 aliphatic heterocycles. The van der Waals surface area contributed by atoms with Crippen LogP contribution in [0.3, 0.4) is 0 Å². The molecular formula is C26H19ClI2N2O4S. The van der Waals surface area contributed by atoms with Crippen LogP contribution in [0.5, 0.6) is 5.75 Å². The first-order chi connectivity index (χ1) is 17.2. The van der Waals surface area contributed by atoms with E-state index in [9.17, 15) is 14.7 Å². The number of hydrogen-bond donors (Lipinski definition) is 1. The van der Waals surface area contributed by atoms with Gasteiger partial charge in [0.2, 0.25) is 0 Å². The number of aromatic carboxylic acids is 1. The lowest BCUT2D eigenvalue weighted by Crippen LogP contribution is -2.28. The number of carbonyl (C=O) groups is 2. The van der Waals surface area contributed by atoms with Crippen molar-refractivity contribution >= 4 is 97.4 Å². The highest BCUT2D eigenvalue weighted by Crippen LogP contribution is 2.36. The number of rotatable bonds is 7. The molecule has 0 radical (unpaired) electrons. The van der Waals surface area contributed by atoms with Gasteiger partial charge in [0.25, 0.3) is 5.91 Å². The van der Waals surface area contributed by atoms with Crippen LogP contribution in [-0.4, -0.2) is 33.6 Å². The predicted octanol–water partition coefficient (Wildman–Crippen LogP) is 7.45. The Morgan fingerprint density at radius 3 is 2.47 bits per heavy atom. The molecule has 1 fully saturated rings. The van der Waals surface area contributed by atoms with E-state index >= 15 is 0 Å². The van der Waals surface area contributed by atoms with Crippen LogP contribution in [0.1, 0.15) is 28.4 Å². The van der Waals surface area contributed by atoms with Crippen molar-refractivity contribution in [3.05, 3.63) is 94.4 Å². The normalized spacial score (nSPS) is 15.7. The molecule has 1 aliphatic rings. The van der Waals surface area contributed by atoms with E-state index < -0.39 is 5.97 Å². The molecule has 6 nitrogen and oxygen atoms in total. The molecule has 0 aromatic heterocycles. The van der Waals surface area contributed by atoms with Crippen molar-refractivity contribution in [1.29, 1.82) is 0 Å². The average molecular weight is 745 g/mol. The highest BCUT2D eigenvalue weighted by molar-refractivity contribution is 14.1. The van der Waals surface area contributed by atoms with Gasteiger partial charge in [-0.25, -0.2) is 9.79 Å². The molecule has 0 saturated carbocycles. The fourth-order valence-electron chi connectivity index (χ4n) is 3.38. The standard InChI is InChI=1S/C26H19ClI2N2O4S/c1-2-31-24(32)22(36-26(31)30-19-5-3-4-17(13-19)25(33)34)12-16-10-20(28)23(21(29)11-16)35-14-15-6-8-18(27)9-7-15/h3-13H,2,14H2,1H3,(H,33,34)/b22-12-,30-26?. The summed E-state index contributed by atoms with van der Waals surface area (Å²) in [6.07, 6.45) is 1.85. The molecule has 3 aromatic carbocycles. The molecule has 0 bridgehead atoms. The molecule has 3 aromatic rings. The van der Waals surface area contributed by atoms with Crippen molar-refractivity contribution in [2.24, 2.45) is 4.99 Å². The molecule has 1 N–H and O–H groups in total. The van der Waals surface area contributed by atoms with Crippen molar-refractivity contribution in [2.45, 2.75) is 13.5 Å². The van der Waals surface area contributed by atoms with Crippen molar-refractivity contribution in [2.75, 3.05) is 6.54 Å². The Morgan fingerprint density at radius 1 is 1.14 bits per heavy atom. The van der Waals surface area contributed by atoms with Gasteiger partial charge < -0.3 is 9.84 Å². The average Bonchev–Trinajstić information content (AvgIpc) is 3.13. The summed E-state index contributed by atoms with van der Waals surface area (Å²) in [6.45, 7) is 2.75. The van der Waals surface area contributed by atoms with E-state index in [1.807, 2.05) is 49.4 Å². The second-order valence-corrected chi connectivity index (χ2v) is 11.4. The fraction of sp³-hybridized carbons (Fsp3) is 0.115. The number of thioether (sulfide) groups is 1. The van der Waals surface area contributed by atoms with Gasteiger partial charge >= 0.3 is 5.97 Å². The van der Waals surface area contributed by atoms with Gasteiger partial charge in [0.15, 0.2) is 5.17 Å². The van der Waals surface area contributed by atoms with Crippen molar-refractivity contribution in [3.63, 3.8) is 0 Å². The van der Waals surface area contributed by atoms with Gasteiger partial charge in [-0.05, 0) is 124 Å². The molecule has 4 rings (SSSR count). The second-order valence-electron chi connectivity index (χ2n) is 7.64. The zero-order chi connectivity index (χ0) is 25.8. The molecule has 36 heavy (non-hydrogen) atoms. The van der Waals surface area contributed by atoms with Crippen LogP contribution in [0.15, 0.2) is 70.6 Å². The van der Waals surface area contributed by atoms with Crippen LogP contribution in [0, 0.1) is 7.14 Å². The summed E-state index contributed by atoms with van der Waals surface area (Å²) in [7, 11) is 0. The minimum Gasteiger partial charge on any atom is -0.487 e. The number of carboxylic acid groups (broad SMARTS) is 1. The van der Waals surface area contributed by atoms with E-state index in [1.54, 1.807) is 17.0 Å². The first-order valence-corrected chi connectivity index (χ1v) is 14.1. The van der Waals surface area contributed by atoms with Gasteiger partial charge in [-0.1, -0.05) is 29.8 Å². The number of amidine groups is 1. The third kappa shape index (κ3) is 6.42. The van der Waals surface area contributed by atoms with Gasteiger partial charge in [0.1, 0.15) is 12.4 Å². The van der Waals surface area contributed by atoms with Crippen LogP contribution in [0.4, 0.5) is 5.69 Å². The number of carboxylic acids is 1. The monoisotopic (exact) mass is 744 g/mol. The Labute approximate surface area is 245 Å². The third-order valence-electron chi connectivity index (χ3n) is 5.14. The van der Waals surface area contributed by atoms with Crippen molar-refractivity contribution in [3.8, 4) is 5.75 Å². The minimum absolute atomic E-state index is 0.135. The number of halogens is 3. The number of carbonyl (C=O) groups excluding carboxylic acids is 1. The molecular weight excluding hydrogens is 726 g/mol. The van der Waals surface area contributed by atoms with E-state index in [-0.39, 0.29) is 11.5 Å². The Balaban J connectivity index is 1.56. The number of benzene rings is 3. The maximum absolute atomic E-state index is 13.1.